The van der Waals surface area contributed by atoms with Crippen LogP contribution in [0.25, 0.3) is 11.3 Å². The first kappa shape index (κ1) is 14.7. The predicted octanol–water partition coefficient (Wildman–Crippen LogP) is 5.02. The monoisotopic (exact) mass is 323 g/mol. The Kier molecular flexibility index (Phi) is 4.14. The first-order chi connectivity index (χ1) is 10.1. The van der Waals surface area contributed by atoms with Gasteiger partial charge in [0.2, 0.25) is 0 Å². The zero-order valence-corrected chi connectivity index (χ0v) is 13.6. The molecule has 0 amide bonds. The molecule has 1 aliphatic carbocycles. The molecule has 0 saturated heterocycles. The lowest BCUT2D eigenvalue weighted by atomic mass is 9.89. The molecule has 2 aromatic rings. The maximum Gasteiger partial charge on any atom is 0.131 e. The van der Waals surface area contributed by atoms with Crippen LogP contribution in [0.4, 0.5) is 5.82 Å². The van der Waals surface area contributed by atoms with Gasteiger partial charge in [0.05, 0.1) is 5.02 Å². The third-order valence-electron chi connectivity index (χ3n) is 4.33. The van der Waals surface area contributed by atoms with E-state index >= 15 is 0 Å². The van der Waals surface area contributed by atoms with Gasteiger partial charge < -0.3 is 10.3 Å². The van der Waals surface area contributed by atoms with Gasteiger partial charge in [0.1, 0.15) is 17.3 Å². The van der Waals surface area contributed by atoms with E-state index in [0.717, 1.165) is 17.1 Å². The molecular weight excluding hydrogens is 305 g/mol. The number of nitrogens with two attached hydrogens (primary N) is 1. The summed E-state index contributed by atoms with van der Waals surface area (Å²) in [6, 6.07) is 5.43. The number of benzene rings is 1. The van der Waals surface area contributed by atoms with E-state index in [1.807, 2.05) is 23.7 Å². The number of halogens is 2. The van der Waals surface area contributed by atoms with Crippen molar-refractivity contribution < 1.29 is 0 Å². The molecule has 2 N–H and O–H groups in total. The summed E-state index contributed by atoms with van der Waals surface area (Å²) in [5.74, 6) is 2.25. The van der Waals surface area contributed by atoms with Crippen molar-refractivity contribution in [2.24, 2.45) is 7.05 Å². The van der Waals surface area contributed by atoms with Crippen molar-refractivity contribution in [2.75, 3.05) is 5.73 Å². The molecule has 112 valence electrons. The zero-order chi connectivity index (χ0) is 15.0. The number of anilines is 1. The van der Waals surface area contributed by atoms with Gasteiger partial charge in [-0.1, -0.05) is 42.5 Å². The minimum atomic E-state index is 0.505. The average molecular weight is 324 g/mol. The number of hydrogen-bond acceptors (Lipinski definition) is 2. The number of hydrogen-bond donors (Lipinski definition) is 1. The Balaban J connectivity index is 2.03. The predicted molar refractivity (Wildman–Crippen MR) is 88.9 cm³/mol. The minimum Gasteiger partial charge on any atom is -0.383 e. The van der Waals surface area contributed by atoms with Crippen LogP contribution in [-0.4, -0.2) is 9.55 Å². The summed E-state index contributed by atoms with van der Waals surface area (Å²) in [6.07, 6.45) is 6.26. The smallest absolute Gasteiger partial charge is 0.131 e. The summed E-state index contributed by atoms with van der Waals surface area (Å²) in [7, 11) is 1.99. The summed E-state index contributed by atoms with van der Waals surface area (Å²) in [5.41, 5.74) is 7.87. The molecule has 1 aromatic carbocycles. The Morgan fingerprint density at radius 2 is 1.90 bits per heavy atom. The zero-order valence-electron chi connectivity index (χ0n) is 12.1. The number of nitrogen functional groups attached to an aromatic ring is 1. The molecule has 21 heavy (non-hydrogen) atoms. The third kappa shape index (κ3) is 2.77. The highest BCUT2D eigenvalue weighted by atomic mass is 35.5. The lowest BCUT2D eigenvalue weighted by molar-refractivity contribution is 0.422. The van der Waals surface area contributed by atoms with E-state index in [9.17, 15) is 0 Å². The molecule has 0 aliphatic heterocycles. The molecule has 5 heteroatoms. The lowest BCUT2D eigenvalue weighted by Gasteiger charge is -2.21. The SMILES string of the molecule is Cn1c(C2CCCCC2)nc(-c2ccc(Cl)cc2Cl)c1N. The van der Waals surface area contributed by atoms with Gasteiger partial charge in [0.25, 0.3) is 0 Å². The van der Waals surface area contributed by atoms with Crippen LogP contribution in [0, 0.1) is 0 Å². The lowest BCUT2D eigenvalue weighted by Crippen LogP contribution is -2.11. The number of rotatable bonds is 2. The van der Waals surface area contributed by atoms with Crippen LogP contribution >= 0.6 is 23.2 Å². The number of nitrogens with zero attached hydrogens (tertiary/aromatic N) is 2. The molecule has 3 rings (SSSR count). The van der Waals surface area contributed by atoms with Crippen molar-refractivity contribution in [1.29, 1.82) is 0 Å². The molecule has 1 heterocycles. The van der Waals surface area contributed by atoms with Crippen LogP contribution in [-0.2, 0) is 7.05 Å². The Labute approximate surface area is 135 Å². The van der Waals surface area contributed by atoms with E-state index in [1.165, 1.54) is 32.1 Å². The van der Waals surface area contributed by atoms with Crippen LogP contribution in [0.2, 0.25) is 10.0 Å². The fraction of sp³-hybridized carbons (Fsp3) is 0.438. The quantitative estimate of drug-likeness (QED) is 0.842. The first-order valence-corrected chi connectivity index (χ1v) is 8.11. The van der Waals surface area contributed by atoms with Gasteiger partial charge >= 0.3 is 0 Å². The number of imidazole rings is 1. The Morgan fingerprint density at radius 3 is 2.57 bits per heavy atom. The van der Waals surface area contributed by atoms with Gasteiger partial charge in [-0.05, 0) is 31.0 Å². The Bertz CT molecular complexity index is 658. The van der Waals surface area contributed by atoms with E-state index in [1.54, 1.807) is 6.07 Å². The second-order valence-corrected chi connectivity index (χ2v) is 6.57. The fourth-order valence-corrected chi connectivity index (χ4v) is 3.63. The standard InChI is InChI=1S/C16H19Cl2N3/c1-21-15(19)14(12-8-7-11(17)9-13(12)18)20-16(21)10-5-3-2-4-6-10/h7-10H,2-6,19H2,1H3. The molecule has 1 fully saturated rings. The molecule has 1 saturated carbocycles. The minimum absolute atomic E-state index is 0.505. The van der Waals surface area contributed by atoms with Gasteiger partial charge in [-0.3, -0.25) is 0 Å². The molecule has 0 radical (unpaired) electrons. The summed E-state index contributed by atoms with van der Waals surface area (Å²) < 4.78 is 2.01. The summed E-state index contributed by atoms with van der Waals surface area (Å²) in [5, 5.41) is 1.20. The topological polar surface area (TPSA) is 43.8 Å². The summed E-state index contributed by atoms with van der Waals surface area (Å²) in [4.78, 5) is 4.80. The molecule has 0 bridgehead atoms. The van der Waals surface area contributed by atoms with Crippen molar-refractivity contribution in [2.45, 2.75) is 38.0 Å². The largest absolute Gasteiger partial charge is 0.383 e. The molecule has 0 unspecified atom stereocenters. The van der Waals surface area contributed by atoms with Gasteiger partial charge in [-0.15, -0.1) is 0 Å². The maximum absolute atomic E-state index is 6.29. The molecule has 0 spiro atoms. The summed E-state index contributed by atoms with van der Waals surface area (Å²) >= 11 is 12.3. The highest BCUT2D eigenvalue weighted by molar-refractivity contribution is 6.36. The van der Waals surface area contributed by atoms with E-state index in [2.05, 4.69) is 0 Å². The molecule has 0 atom stereocenters. The van der Waals surface area contributed by atoms with Crippen LogP contribution in [0.3, 0.4) is 0 Å². The second-order valence-electron chi connectivity index (χ2n) is 5.72. The third-order valence-corrected chi connectivity index (χ3v) is 4.88. The van der Waals surface area contributed by atoms with Crippen molar-refractivity contribution in [3.63, 3.8) is 0 Å². The normalized spacial score (nSPS) is 16.3. The van der Waals surface area contributed by atoms with E-state index in [0.29, 0.717) is 21.8 Å². The fourth-order valence-electron chi connectivity index (χ4n) is 3.13. The Morgan fingerprint density at radius 1 is 1.19 bits per heavy atom. The highest BCUT2D eigenvalue weighted by Crippen LogP contribution is 2.38. The van der Waals surface area contributed by atoms with Crippen LogP contribution in [0.1, 0.15) is 43.8 Å². The summed E-state index contributed by atoms with van der Waals surface area (Å²) in [6.45, 7) is 0. The molecular formula is C16H19Cl2N3. The first-order valence-electron chi connectivity index (χ1n) is 7.35. The molecule has 1 aromatic heterocycles. The van der Waals surface area contributed by atoms with Crippen molar-refractivity contribution in [3.05, 3.63) is 34.1 Å². The van der Waals surface area contributed by atoms with Crippen LogP contribution in [0.15, 0.2) is 18.2 Å². The number of aromatic nitrogens is 2. The van der Waals surface area contributed by atoms with Gasteiger partial charge in [-0.25, -0.2) is 4.98 Å². The van der Waals surface area contributed by atoms with Crippen LogP contribution < -0.4 is 5.73 Å². The second kappa shape index (κ2) is 5.90. The Hall–Kier alpha value is -1.19. The maximum atomic E-state index is 6.29. The highest BCUT2D eigenvalue weighted by Gasteiger charge is 2.24. The van der Waals surface area contributed by atoms with Crippen molar-refractivity contribution in [1.82, 2.24) is 9.55 Å². The average Bonchev–Trinajstić information content (AvgIpc) is 2.77. The van der Waals surface area contributed by atoms with Gasteiger partial charge in [0, 0.05) is 23.6 Å². The van der Waals surface area contributed by atoms with Crippen LogP contribution in [0.5, 0.6) is 0 Å². The van der Waals surface area contributed by atoms with E-state index in [-0.39, 0.29) is 0 Å². The van der Waals surface area contributed by atoms with E-state index in [4.69, 9.17) is 33.9 Å². The van der Waals surface area contributed by atoms with E-state index < -0.39 is 0 Å². The van der Waals surface area contributed by atoms with Crippen molar-refractivity contribution >= 4 is 29.0 Å². The van der Waals surface area contributed by atoms with Gasteiger partial charge in [-0.2, -0.15) is 0 Å². The molecule has 1 aliphatic rings. The van der Waals surface area contributed by atoms with Crippen molar-refractivity contribution in [3.8, 4) is 11.3 Å². The van der Waals surface area contributed by atoms with Gasteiger partial charge in [0.15, 0.2) is 0 Å². The molecule has 3 nitrogen and oxygen atoms in total.